The third kappa shape index (κ3) is 0.420. The molecule has 1 nitrogen and oxygen atoms in total. The Morgan fingerprint density at radius 3 is 2.44 bits per heavy atom. The zero-order chi connectivity index (χ0) is 5.84. The molecular weight excluding hydrogens is 110 g/mol. The molecule has 1 aliphatic heterocycles. The summed E-state index contributed by atoms with van der Waals surface area (Å²) in [6, 6.07) is 0.976. The van der Waals surface area contributed by atoms with Crippen molar-refractivity contribution in [1.82, 2.24) is 5.32 Å². The third-order valence-electron chi connectivity index (χ3n) is 3.68. The van der Waals surface area contributed by atoms with Crippen LogP contribution in [-0.4, -0.2) is 12.6 Å². The summed E-state index contributed by atoms with van der Waals surface area (Å²) in [6.07, 6.45) is 4.63. The van der Waals surface area contributed by atoms with Gasteiger partial charge in [-0.15, -0.1) is 0 Å². The van der Waals surface area contributed by atoms with E-state index >= 15 is 0 Å². The van der Waals surface area contributed by atoms with Crippen LogP contribution in [0.2, 0.25) is 0 Å². The molecule has 3 aliphatic rings. The van der Waals surface area contributed by atoms with Crippen LogP contribution in [0.5, 0.6) is 0 Å². The van der Waals surface area contributed by atoms with E-state index in [2.05, 4.69) is 5.32 Å². The Morgan fingerprint density at radius 1 is 1.11 bits per heavy atom. The summed E-state index contributed by atoms with van der Waals surface area (Å²) in [5.74, 6) is 3.35. The first-order chi connectivity index (χ1) is 4.45. The average Bonchev–Trinajstić information content (AvgIpc) is 2.18. The lowest BCUT2D eigenvalue weighted by atomic mass is 9.79. The van der Waals surface area contributed by atoms with E-state index in [1.54, 1.807) is 12.8 Å². The topological polar surface area (TPSA) is 12.0 Å². The van der Waals surface area contributed by atoms with Gasteiger partial charge in [-0.1, -0.05) is 0 Å². The number of fused-ring (bicyclic) bond motifs is 5. The molecule has 1 heterocycles. The van der Waals surface area contributed by atoms with Crippen LogP contribution < -0.4 is 5.32 Å². The molecule has 9 heavy (non-hydrogen) atoms. The molecule has 2 saturated carbocycles. The minimum atomic E-state index is 0.976. The van der Waals surface area contributed by atoms with Crippen LogP contribution in [0.25, 0.3) is 0 Å². The third-order valence-corrected chi connectivity index (χ3v) is 3.68. The van der Waals surface area contributed by atoms with Crippen LogP contribution in [0.1, 0.15) is 19.3 Å². The van der Waals surface area contributed by atoms with Crippen LogP contribution in [0.4, 0.5) is 0 Å². The number of nitrogens with one attached hydrogen (secondary N) is 1. The lowest BCUT2D eigenvalue weighted by molar-refractivity contribution is 0.153. The molecule has 50 valence electrons. The first kappa shape index (κ1) is 4.73. The Bertz CT molecular complexity index is 124. The van der Waals surface area contributed by atoms with Gasteiger partial charge < -0.3 is 5.32 Å². The van der Waals surface area contributed by atoms with Crippen molar-refractivity contribution < 1.29 is 0 Å². The first-order valence-corrected chi connectivity index (χ1v) is 4.18. The smallest absolute Gasteiger partial charge is 0.0139 e. The molecule has 2 aliphatic carbocycles. The van der Waals surface area contributed by atoms with Gasteiger partial charge in [0, 0.05) is 6.04 Å². The maximum absolute atomic E-state index is 3.54. The fraction of sp³-hybridized carbons (Fsp3) is 1.00. The summed E-state index contributed by atoms with van der Waals surface area (Å²) in [4.78, 5) is 0. The molecule has 0 aromatic carbocycles. The predicted octanol–water partition coefficient (Wildman–Crippen LogP) is 1.00. The highest BCUT2D eigenvalue weighted by molar-refractivity contribution is 5.06. The number of hydrogen-bond donors (Lipinski definition) is 1. The predicted molar refractivity (Wildman–Crippen MR) is 36.1 cm³/mol. The fourth-order valence-electron chi connectivity index (χ4n) is 3.13. The second-order valence-electron chi connectivity index (χ2n) is 3.93. The van der Waals surface area contributed by atoms with E-state index in [-0.39, 0.29) is 0 Å². The molecule has 2 bridgehead atoms. The molecule has 0 amide bonds. The molecule has 0 aromatic heterocycles. The summed E-state index contributed by atoms with van der Waals surface area (Å²) in [5, 5.41) is 3.54. The van der Waals surface area contributed by atoms with Gasteiger partial charge in [0.2, 0.25) is 0 Å². The van der Waals surface area contributed by atoms with Crippen LogP contribution in [0.15, 0.2) is 0 Å². The van der Waals surface area contributed by atoms with Gasteiger partial charge in [-0.2, -0.15) is 0 Å². The van der Waals surface area contributed by atoms with E-state index in [4.69, 9.17) is 0 Å². The second kappa shape index (κ2) is 1.34. The highest BCUT2D eigenvalue weighted by Gasteiger charge is 2.51. The molecule has 4 atom stereocenters. The lowest BCUT2D eigenvalue weighted by Crippen LogP contribution is -2.55. The van der Waals surface area contributed by atoms with Crippen molar-refractivity contribution in [3.8, 4) is 0 Å². The molecule has 1 saturated heterocycles. The number of rotatable bonds is 0. The maximum Gasteiger partial charge on any atom is 0.0139 e. The molecule has 3 fully saturated rings. The first-order valence-electron chi connectivity index (χ1n) is 4.18. The van der Waals surface area contributed by atoms with E-state index in [0.29, 0.717) is 0 Å². The zero-order valence-electron chi connectivity index (χ0n) is 5.64. The van der Waals surface area contributed by atoms with Crippen molar-refractivity contribution in [3.05, 3.63) is 0 Å². The molecule has 0 spiro atoms. The monoisotopic (exact) mass is 123 g/mol. The van der Waals surface area contributed by atoms with Gasteiger partial charge in [0.25, 0.3) is 0 Å². The van der Waals surface area contributed by atoms with Gasteiger partial charge in [-0.25, -0.2) is 0 Å². The second-order valence-corrected chi connectivity index (χ2v) is 3.93. The summed E-state index contributed by atoms with van der Waals surface area (Å²) in [7, 11) is 0. The minimum Gasteiger partial charge on any atom is -0.313 e. The molecule has 3 rings (SSSR count). The van der Waals surface area contributed by atoms with Gasteiger partial charge in [-0.3, -0.25) is 0 Å². The number of hydrogen-bond acceptors (Lipinski definition) is 1. The molecule has 0 radical (unpaired) electrons. The molecule has 0 aromatic rings. The summed E-state index contributed by atoms with van der Waals surface area (Å²) < 4.78 is 0. The minimum absolute atomic E-state index is 0.976. The van der Waals surface area contributed by atoms with Gasteiger partial charge in [0.1, 0.15) is 0 Å². The standard InChI is InChI=1S/C8H13N/c1-2-6-3-5(1)7-4-9-8(6)7/h5-9H,1-4H2. The maximum atomic E-state index is 3.54. The Morgan fingerprint density at radius 2 is 2.00 bits per heavy atom. The fourth-order valence-corrected chi connectivity index (χ4v) is 3.13. The average molecular weight is 123 g/mol. The van der Waals surface area contributed by atoms with E-state index in [1.165, 1.54) is 13.0 Å². The normalized spacial score (nSPS) is 61.3. The van der Waals surface area contributed by atoms with Crippen LogP contribution in [-0.2, 0) is 0 Å². The van der Waals surface area contributed by atoms with E-state index < -0.39 is 0 Å². The van der Waals surface area contributed by atoms with Crippen molar-refractivity contribution in [1.29, 1.82) is 0 Å². The Kier molecular flexibility index (Phi) is 0.704. The van der Waals surface area contributed by atoms with Gasteiger partial charge in [0.15, 0.2) is 0 Å². The zero-order valence-corrected chi connectivity index (χ0v) is 5.64. The highest BCUT2D eigenvalue weighted by atomic mass is 15.0. The summed E-state index contributed by atoms with van der Waals surface area (Å²) in [5.41, 5.74) is 0. The van der Waals surface area contributed by atoms with E-state index in [0.717, 1.165) is 23.8 Å². The van der Waals surface area contributed by atoms with E-state index in [1.807, 2.05) is 0 Å². The Labute approximate surface area is 55.8 Å². The van der Waals surface area contributed by atoms with Gasteiger partial charge in [0.05, 0.1) is 0 Å². The molecule has 4 unspecified atom stereocenters. The Balaban J connectivity index is 1.94. The van der Waals surface area contributed by atoms with Crippen molar-refractivity contribution in [2.75, 3.05) is 6.54 Å². The molecule has 1 heteroatoms. The van der Waals surface area contributed by atoms with Crippen molar-refractivity contribution >= 4 is 0 Å². The quantitative estimate of drug-likeness (QED) is 0.507. The lowest BCUT2D eigenvalue weighted by Gasteiger charge is -2.41. The molecule has 1 N–H and O–H groups in total. The van der Waals surface area contributed by atoms with Crippen LogP contribution in [0, 0.1) is 17.8 Å². The largest absolute Gasteiger partial charge is 0.313 e. The van der Waals surface area contributed by atoms with Gasteiger partial charge in [-0.05, 0) is 43.6 Å². The Hall–Kier alpha value is -0.0400. The van der Waals surface area contributed by atoms with Crippen molar-refractivity contribution in [2.24, 2.45) is 17.8 Å². The van der Waals surface area contributed by atoms with Gasteiger partial charge >= 0.3 is 0 Å². The van der Waals surface area contributed by atoms with E-state index in [9.17, 15) is 0 Å². The summed E-state index contributed by atoms with van der Waals surface area (Å²) in [6.45, 7) is 1.34. The SMILES string of the molecule is C1CC2CC1C1CNC21. The molecular formula is C8H13N. The van der Waals surface area contributed by atoms with Crippen molar-refractivity contribution in [2.45, 2.75) is 25.3 Å². The van der Waals surface area contributed by atoms with Crippen LogP contribution in [0.3, 0.4) is 0 Å². The highest BCUT2D eigenvalue weighted by Crippen LogP contribution is 2.51. The summed E-state index contributed by atoms with van der Waals surface area (Å²) >= 11 is 0. The van der Waals surface area contributed by atoms with Crippen molar-refractivity contribution in [3.63, 3.8) is 0 Å². The van der Waals surface area contributed by atoms with Crippen LogP contribution >= 0.6 is 0 Å².